The Labute approximate surface area is 159 Å². The third-order valence-electron chi connectivity index (χ3n) is 3.59. The number of carbonyl (C=O) groups is 1. The molecule has 138 valence electrons. The van der Waals surface area contributed by atoms with E-state index in [-0.39, 0.29) is 24.6 Å². The molecule has 0 unspecified atom stereocenters. The lowest BCUT2D eigenvalue weighted by molar-refractivity contribution is -0.385. The number of aryl methyl sites for hydroxylation is 1. The minimum atomic E-state index is -0.539. The highest BCUT2D eigenvalue weighted by Crippen LogP contribution is 2.32. The molecule has 1 N–H and O–H groups in total. The molecule has 0 saturated carbocycles. The molecule has 1 amide bonds. The molecule has 0 bridgehead atoms. The van der Waals surface area contributed by atoms with Crippen molar-refractivity contribution in [3.05, 3.63) is 76.1 Å². The highest BCUT2D eigenvalue weighted by Gasteiger charge is 2.12. The third-order valence-corrected chi connectivity index (χ3v) is 3.82. The van der Waals surface area contributed by atoms with Crippen LogP contribution in [0, 0.1) is 10.1 Å². The van der Waals surface area contributed by atoms with Gasteiger partial charge in [0.15, 0.2) is 5.75 Å². The Balaban J connectivity index is 1.65. The van der Waals surface area contributed by atoms with Crippen LogP contribution in [0.15, 0.2) is 60.9 Å². The topological polar surface area (TPSA) is 99.3 Å². The maximum atomic E-state index is 12.3. The maximum absolute atomic E-state index is 12.3. The number of benzene rings is 2. The molecule has 0 aliphatic heterocycles. The van der Waals surface area contributed by atoms with Gasteiger partial charge >= 0.3 is 5.69 Å². The van der Waals surface area contributed by atoms with Crippen molar-refractivity contribution < 1.29 is 14.5 Å². The van der Waals surface area contributed by atoms with Crippen LogP contribution >= 0.6 is 11.6 Å². The van der Waals surface area contributed by atoms with E-state index in [0.717, 1.165) is 6.20 Å². The summed E-state index contributed by atoms with van der Waals surface area (Å²) in [4.78, 5) is 22.4. The summed E-state index contributed by atoms with van der Waals surface area (Å²) in [7, 11) is 0. The van der Waals surface area contributed by atoms with E-state index in [0.29, 0.717) is 22.2 Å². The second-order valence-corrected chi connectivity index (χ2v) is 6.01. The summed E-state index contributed by atoms with van der Waals surface area (Å²) >= 11 is 6.02. The van der Waals surface area contributed by atoms with Crippen LogP contribution in [-0.4, -0.2) is 20.6 Å². The summed E-state index contributed by atoms with van der Waals surface area (Å²) in [5.41, 5.74) is 0.312. The number of hydrogen-bond acceptors (Lipinski definition) is 5. The molecule has 0 spiro atoms. The minimum Gasteiger partial charge on any atom is -0.455 e. The van der Waals surface area contributed by atoms with Gasteiger partial charge < -0.3 is 10.1 Å². The van der Waals surface area contributed by atoms with Gasteiger partial charge in [0.25, 0.3) is 0 Å². The summed E-state index contributed by atoms with van der Waals surface area (Å²) < 4.78 is 7.14. The molecule has 27 heavy (non-hydrogen) atoms. The van der Waals surface area contributed by atoms with Gasteiger partial charge in [-0.05, 0) is 30.3 Å². The van der Waals surface area contributed by atoms with Crippen molar-refractivity contribution in [2.24, 2.45) is 0 Å². The summed E-state index contributed by atoms with van der Waals surface area (Å²) in [6.45, 7) is 0.203. The van der Waals surface area contributed by atoms with E-state index in [1.807, 2.05) is 18.2 Å². The second kappa shape index (κ2) is 8.33. The third kappa shape index (κ3) is 5.05. The van der Waals surface area contributed by atoms with Crippen LogP contribution in [0.4, 0.5) is 11.4 Å². The molecular formula is C18H15ClN4O4. The van der Waals surface area contributed by atoms with Gasteiger partial charge in [0, 0.05) is 18.0 Å². The van der Waals surface area contributed by atoms with Gasteiger partial charge in [-0.15, -0.1) is 0 Å². The van der Waals surface area contributed by atoms with E-state index >= 15 is 0 Å². The van der Waals surface area contributed by atoms with Crippen LogP contribution in [0.25, 0.3) is 0 Å². The molecule has 0 atom stereocenters. The van der Waals surface area contributed by atoms with Crippen molar-refractivity contribution in [3.63, 3.8) is 0 Å². The lowest BCUT2D eigenvalue weighted by atomic mass is 10.2. The van der Waals surface area contributed by atoms with Crippen LogP contribution in [-0.2, 0) is 11.3 Å². The van der Waals surface area contributed by atoms with E-state index in [9.17, 15) is 14.9 Å². The van der Waals surface area contributed by atoms with Gasteiger partial charge in [-0.2, -0.15) is 5.10 Å². The number of anilines is 1. The van der Waals surface area contributed by atoms with Gasteiger partial charge in [-0.1, -0.05) is 29.8 Å². The van der Waals surface area contributed by atoms with Gasteiger partial charge in [-0.3, -0.25) is 19.6 Å². The SMILES string of the molecule is O=C(CCn1cc([N+](=O)[O-])cn1)Nc1cc(Cl)ccc1Oc1ccccc1. The minimum absolute atomic E-state index is 0.0795. The van der Waals surface area contributed by atoms with Gasteiger partial charge in [0.1, 0.15) is 18.1 Å². The summed E-state index contributed by atoms with van der Waals surface area (Å²) in [5, 5.41) is 17.7. The largest absolute Gasteiger partial charge is 0.455 e. The zero-order chi connectivity index (χ0) is 19.2. The predicted molar refractivity (Wildman–Crippen MR) is 100 cm³/mol. The molecule has 0 radical (unpaired) electrons. The van der Waals surface area contributed by atoms with Crippen LogP contribution in [0.1, 0.15) is 6.42 Å². The number of aromatic nitrogens is 2. The Kier molecular flexibility index (Phi) is 5.68. The molecule has 8 nitrogen and oxygen atoms in total. The molecule has 0 saturated heterocycles. The van der Waals surface area contributed by atoms with E-state index in [2.05, 4.69) is 10.4 Å². The summed E-state index contributed by atoms with van der Waals surface area (Å²) in [6.07, 6.45) is 2.49. The number of rotatable bonds is 7. The predicted octanol–water partition coefficient (Wildman–Crippen LogP) is 4.27. The van der Waals surface area contributed by atoms with Crippen LogP contribution < -0.4 is 10.1 Å². The van der Waals surface area contributed by atoms with Gasteiger partial charge in [0.2, 0.25) is 5.91 Å². The van der Waals surface area contributed by atoms with Gasteiger partial charge in [0.05, 0.1) is 10.6 Å². The Morgan fingerprint density at radius 2 is 2.04 bits per heavy atom. The Morgan fingerprint density at radius 1 is 1.26 bits per heavy atom. The first-order valence-electron chi connectivity index (χ1n) is 8.00. The number of nitrogens with one attached hydrogen (secondary N) is 1. The lowest BCUT2D eigenvalue weighted by Gasteiger charge is -2.13. The Hall–Kier alpha value is -3.39. The highest BCUT2D eigenvalue weighted by molar-refractivity contribution is 6.31. The molecule has 3 rings (SSSR count). The normalized spacial score (nSPS) is 10.4. The quantitative estimate of drug-likeness (QED) is 0.483. The number of nitrogens with zero attached hydrogens (tertiary/aromatic N) is 3. The summed E-state index contributed by atoms with van der Waals surface area (Å²) in [6, 6.07) is 14.1. The van der Waals surface area contributed by atoms with Crippen LogP contribution in [0.2, 0.25) is 5.02 Å². The fourth-order valence-electron chi connectivity index (χ4n) is 2.30. The molecule has 2 aromatic carbocycles. The molecule has 1 aromatic heterocycles. The van der Waals surface area contributed by atoms with Crippen LogP contribution in [0.3, 0.4) is 0 Å². The smallest absolute Gasteiger partial charge is 0.306 e. The van der Waals surface area contributed by atoms with Crippen molar-refractivity contribution >= 4 is 28.9 Å². The number of hydrogen-bond donors (Lipinski definition) is 1. The number of para-hydroxylation sites is 1. The molecule has 0 aliphatic rings. The Morgan fingerprint density at radius 3 is 2.74 bits per heavy atom. The highest BCUT2D eigenvalue weighted by atomic mass is 35.5. The average Bonchev–Trinajstić information content (AvgIpc) is 3.13. The van der Waals surface area contributed by atoms with E-state index in [4.69, 9.17) is 16.3 Å². The van der Waals surface area contributed by atoms with Crippen molar-refractivity contribution in [3.8, 4) is 11.5 Å². The fourth-order valence-corrected chi connectivity index (χ4v) is 2.47. The molecule has 3 aromatic rings. The first-order chi connectivity index (χ1) is 13.0. The standard InChI is InChI=1S/C18H15ClN4O4/c19-13-6-7-17(27-15-4-2-1-3-5-15)16(10-13)21-18(24)8-9-22-12-14(11-20-22)23(25)26/h1-7,10-12H,8-9H2,(H,21,24). The number of nitro groups is 1. The molecule has 0 aliphatic carbocycles. The first kappa shape index (κ1) is 18.4. The van der Waals surface area contributed by atoms with E-state index in [1.54, 1.807) is 30.3 Å². The van der Waals surface area contributed by atoms with Gasteiger partial charge in [-0.25, -0.2) is 0 Å². The zero-order valence-electron chi connectivity index (χ0n) is 14.0. The van der Waals surface area contributed by atoms with Crippen molar-refractivity contribution in [2.75, 3.05) is 5.32 Å². The maximum Gasteiger partial charge on any atom is 0.306 e. The first-order valence-corrected chi connectivity index (χ1v) is 8.38. The second-order valence-electron chi connectivity index (χ2n) is 5.57. The van der Waals surface area contributed by atoms with E-state index < -0.39 is 4.92 Å². The fraction of sp³-hybridized carbons (Fsp3) is 0.111. The van der Waals surface area contributed by atoms with Crippen molar-refractivity contribution in [1.29, 1.82) is 0 Å². The monoisotopic (exact) mass is 386 g/mol. The Bertz CT molecular complexity index is 959. The number of halogens is 1. The number of ether oxygens (including phenoxy) is 1. The average molecular weight is 387 g/mol. The number of amides is 1. The van der Waals surface area contributed by atoms with Crippen molar-refractivity contribution in [2.45, 2.75) is 13.0 Å². The molecule has 0 fully saturated rings. The van der Waals surface area contributed by atoms with Crippen LogP contribution in [0.5, 0.6) is 11.5 Å². The molecular weight excluding hydrogens is 372 g/mol. The van der Waals surface area contributed by atoms with Crippen molar-refractivity contribution in [1.82, 2.24) is 9.78 Å². The molecule has 1 heterocycles. The zero-order valence-corrected chi connectivity index (χ0v) is 14.8. The number of carbonyl (C=O) groups excluding carboxylic acids is 1. The van der Waals surface area contributed by atoms with E-state index in [1.165, 1.54) is 10.9 Å². The lowest BCUT2D eigenvalue weighted by Crippen LogP contribution is -2.15. The summed E-state index contributed by atoms with van der Waals surface area (Å²) in [5.74, 6) is 0.779. The molecule has 9 heteroatoms.